The summed E-state index contributed by atoms with van der Waals surface area (Å²) < 4.78 is 5.07. The molecular formula is C18H21NO3. The number of esters is 1. The first-order valence-electron chi connectivity index (χ1n) is 7.84. The lowest BCUT2D eigenvalue weighted by atomic mass is 9.97. The average Bonchev–Trinajstić information content (AvgIpc) is 3.07. The summed E-state index contributed by atoms with van der Waals surface area (Å²) in [4.78, 5) is 26.6. The second kappa shape index (κ2) is 6.05. The number of ketones is 1. The molecule has 0 saturated carbocycles. The van der Waals surface area contributed by atoms with Gasteiger partial charge < -0.3 is 4.74 Å². The number of Topliss-reactive ketones (excluding diaryl/α,β-unsaturated/α-hetero) is 1. The summed E-state index contributed by atoms with van der Waals surface area (Å²) in [7, 11) is 0. The molecule has 1 saturated heterocycles. The zero-order valence-electron chi connectivity index (χ0n) is 13.0. The summed E-state index contributed by atoms with van der Waals surface area (Å²) in [6.45, 7) is 5.43. The third kappa shape index (κ3) is 2.59. The minimum absolute atomic E-state index is 0.0212. The first-order valence-corrected chi connectivity index (χ1v) is 7.84. The van der Waals surface area contributed by atoms with Gasteiger partial charge in [0.15, 0.2) is 5.78 Å². The Morgan fingerprint density at radius 3 is 2.68 bits per heavy atom. The largest absolute Gasteiger partial charge is 0.465 e. The van der Waals surface area contributed by atoms with Gasteiger partial charge in [-0.3, -0.25) is 14.5 Å². The van der Waals surface area contributed by atoms with E-state index in [0.717, 1.165) is 17.7 Å². The van der Waals surface area contributed by atoms with Crippen LogP contribution >= 0.6 is 0 Å². The van der Waals surface area contributed by atoms with Crippen molar-refractivity contribution < 1.29 is 14.3 Å². The minimum Gasteiger partial charge on any atom is -0.465 e. The van der Waals surface area contributed by atoms with Gasteiger partial charge in [0.2, 0.25) is 0 Å². The van der Waals surface area contributed by atoms with Gasteiger partial charge in [0.25, 0.3) is 0 Å². The Morgan fingerprint density at radius 2 is 2.05 bits per heavy atom. The summed E-state index contributed by atoms with van der Waals surface area (Å²) in [5.74, 6) is 0.184. The maximum atomic E-state index is 12.6. The lowest BCUT2D eigenvalue weighted by molar-refractivity contribution is -0.148. The Morgan fingerprint density at radius 1 is 1.32 bits per heavy atom. The van der Waals surface area contributed by atoms with Crippen LogP contribution in [0.25, 0.3) is 5.57 Å². The fraction of sp³-hybridized carbons (Fsp3) is 0.444. The molecule has 4 nitrogen and oxygen atoms in total. The summed E-state index contributed by atoms with van der Waals surface area (Å²) in [6, 6.07) is 9.52. The standard InChI is InChI=1S/C18H21NO3/c1-3-22-18(21)12(2)19-10-14-9-15(17(20)16(14)11-19)13-7-5-4-6-8-13/h4-9,12,14,16H,3,10-11H2,1-2H3/t12?,14-,16+/m0/s1. The van der Waals surface area contributed by atoms with Crippen molar-refractivity contribution in [3.63, 3.8) is 0 Å². The lowest BCUT2D eigenvalue weighted by Gasteiger charge is -2.22. The van der Waals surface area contributed by atoms with Crippen LogP contribution in [-0.4, -0.2) is 42.4 Å². The van der Waals surface area contributed by atoms with Crippen LogP contribution in [0.15, 0.2) is 36.4 Å². The van der Waals surface area contributed by atoms with Gasteiger partial charge in [-0.05, 0) is 19.4 Å². The van der Waals surface area contributed by atoms with Gasteiger partial charge in [0, 0.05) is 30.5 Å². The molecule has 1 fully saturated rings. The van der Waals surface area contributed by atoms with Crippen molar-refractivity contribution >= 4 is 17.3 Å². The zero-order valence-corrected chi connectivity index (χ0v) is 13.0. The number of hydrogen-bond acceptors (Lipinski definition) is 4. The van der Waals surface area contributed by atoms with Crippen LogP contribution in [0, 0.1) is 11.8 Å². The summed E-state index contributed by atoms with van der Waals surface area (Å²) in [5.41, 5.74) is 1.82. The van der Waals surface area contributed by atoms with Crippen LogP contribution in [0.2, 0.25) is 0 Å². The molecule has 116 valence electrons. The van der Waals surface area contributed by atoms with Crippen LogP contribution in [0.3, 0.4) is 0 Å². The van der Waals surface area contributed by atoms with Crippen molar-refractivity contribution in [1.29, 1.82) is 0 Å². The normalized spacial score (nSPS) is 25.7. The van der Waals surface area contributed by atoms with E-state index >= 15 is 0 Å². The molecule has 4 heteroatoms. The summed E-state index contributed by atoms with van der Waals surface area (Å²) >= 11 is 0. The molecule has 1 aliphatic heterocycles. The molecular weight excluding hydrogens is 278 g/mol. The molecule has 1 aromatic carbocycles. The Bertz CT molecular complexity index is 608. The van der Waals surface area contributed by atoms with Crippen LogP contribution in [0.4, 0.5) is 0 Å². The second-order valence-corrected chi connectivity index (χ2v) is 5.96. The SMILES string of the molecule is CCOC(=O)C(C)N1C[C@@H]2C=C(c3ccccc3)C(=O)[C@@H]2C1. The van der Waals surface area contributed by atoms with Crippen molar-refractivity contribution in [3.8, 4) is 0 Å². The highest BCUT2D eigenvalue weighted by Crippen LogP contribution is 2.38. The Balaban J connectivity index is 1.73. The van der Waals surface area contributed by atoms with E-state index in [1.165, 1.54) is 0 Å². The Labute approximate surface area is 130 Å². The number of ether oxygens (including phenoxy) is 1. The van der Waals surface area contributed by atoms with Crippen LogP contribution in [-0.2, 0) is 14.3 Å². The molecule has 0 N–H and O–H groups in total. The fourth-order valence-corrected chi connectivity index (χ4v) is 3.39. The number of carbonyl (C=O) groups is 2. The predicted octanol–water partition coefficient (Wildman–Crippen LogP) is 2.15. The van der Waals surface area contributed by atoms with E-state index in [1.807, 2.05) is 44.2 Å². The van der Waals surface area contributed by atoms with Crippen LogP contribution in [0.5, 0.6) is 0 Å². The summed E-state index contributed by atoms with van der Waals surface area (Å²) in [6.07, 6.45) is 2.08. The highest BCUT2D eigenvalue weighted by atomic mass is 16.5. The first kappa shape index (κ1) is 15.0. The molecule has 3 rings (SSSR count). The highest BCUT2D eigenvalue weighted by molar-refractivity contribution is 6.24. The second-order valence-electron chi connectivity index (χ2n) is 5.96. The number of allylic oxidation sites excluding steroid dienone is 1. The summed E-state index contributed by atoms with van der Waals surface area (Å²) in [5, 5.41) is 0. The molecule has 1 aromatic rings. The van der Waals surface area contributed by atoms with Gasteiger partial charge >= 0.3 is 5.97 Å². The van der Waals surface area contributed by atoms with E-state index in [4.69, 9.17) is 4.74 Å². The van der Waals surface area contributed by atoms with E-state index in [1.54, 1.807) is 0 Å². The highest BCUT2D eigenvalue weighted by Gasteiger charge is 2.44. The number of rotatable bonds is 4. The quantitative estimate of drug-likeness (QED) is 0.799. The van der Waals surface area contributed by atoms with Gasteiger partial charge in [-0.25, -0.2) is 0 Å². The molecule has 22 heavy (non-hydrogen) atoms. The number of nitrogens with zero attached hydrogens (tertiary/aromatic N) is 1. The van der Waals surface area contributed by atoms with Crippen molar-refractivity contribution in [2.75, 3.05) is 19.7 Å². The molecule has 0 radical (unpaired) electrons. The van der Waals surface area contributed by atoms with E-state index in [9.17, 15) is 9.59 Å². The maximum Gasteiger partial charge on any atom is 0.323 e. The number of benzene rings is 1. The zero-order chi connectivity index (χ0) is 15.7. The van der Waals surface area contributed by atoms with Crippen LogP contribution in [0.1, 0.15) is 19.4 Å². The predicted molar refractivity (Wildman–Crippen MR) is 84.1 cm³/mol. The van der Waals surface area contributed by atoms with Gasteiger partial charge in [-0.2, -0.15) is 0 Å². The van der Waals surface area contributed by atoms with Crippen LogP contribution < -0.4 is 0 Å². The fourth-order valence-electron chi connectivity index (χ4n) is 3.39. The van der Waals surface area contributed by atoms with Gasteiger partial charge in [-0.1, -0.05) is 36.4 Å². The van der Waals surface area contributed by atoms with Crippen molar-refractivity contribution in [3.05, 3.63) is 42.0 Å². The van der Waals surface area contributed by atoms with Gasteiger partial charge in [0.1, 0.15) is 6.04 Å². The molecule has 2 aliphatic rings. The molecule has 0 bridgehead atoms. The Hall–Kier alpha value is -1.94. The molecule has 0 spiro atoms. The monoisotopic (exact) mass is 299 g/mol. The topological polar surface area (TPSA) is 46.6 Å². The lowest BCUT2D eigenvalue weighted by Crippen LogP contribution is -2.39. The van der Waals surface area contributed by atoms with Crippen molar-refractivity contribution in [1.82, 2.24) is 4.90 Å². The number of hydrogen-bond donors (Lipinski definition) is 0. The van der Waals surface area contributed by atoms with E-state index in [0.29, 0.717) is 13.2 Å². The maximum absolute atomic E-state index is 12.6. The molecule has 0 aromatic heterocycles. The third-order valence-corrected chi connectivity index (χ3v) is 4.64. The van der Waals surface area contributed by atoms with Crippen molar-refractivity contribution in [2.24, 2.45) is 11.8 Å². The van der Waals surface area contributed by atoms with Crippen molar-refractivity contribution in [2.45, 2.75) is 19.9 Å². The molecule has 3 atom stereocenters. The Kier molecular flexibility index (Phi) is 4.12. The average molecular weight is 299 g/mol. The van der Waals surface area contributed by atoms with Gasteiger partial charge in [0.05, 0.1) is 6.61 Å². The number of likely N-dealkylation sites (tertiary alicyclic amines) is 1. The number of fused-ring (bicyclic) bond motifs is 1. The third-order valence-electron chi connectivity index (χ3n) is 4.64. The first-order chi connectivity index (χ1) is 10.6. The molecule has 1 heterocycles. The van der Waals surface area contributed by atoms with E-state index in [-0.39, 0.29) is 29.6 Å². The minimum atomic E-state index is -0.285. The van der Waals surface area contributed by atoms with E-state index in [2.05, 4.69) is 11.0 Å². The molecule has 1 unspecified atom stereocenters. The van der Waals surface area contributed by atoms with Gasteiger partial charge in [-0.15, -0.1) is 0 Å². The molecule has 0 amide bonds. The van der Waals surface area contributed by atoms with E-state index < -0.39 is 0 Å². The smallest absolute Gasteiger partial charge is 0.323 e. The molecule has 1 aliphatic carbocycles. The number of carbonyl (C=O) groups excluding carboxylic acids is 2.